The molecule has 0 bridgehead atoms. The second kappa shape index (κ2) is 7.93. The van der Waals surface area contributed by atoms with Crippen LogP contribution in [-0.4, -0.2) is 18.2 Å². The average Bonchev–Trinajstić information content (AvgIpc) is 2.66. The molecule has 0 heterocycles. The largest absolute Gasteiger partial charge is 0.332 e. The van der Waals surface area contributed by atoms with E-state index in [4.69, 9.17) is 0 Å². The molecule has 0 fully saturated rings. The van der Waals surface area contributed by atoms with Gasteiger partial charge in [0.05, 0.1) is 0 Å². The number of Topliss-reactive ketones (excluding diaryl/α,β-unsaturated/α-hetero) is 1. The van der Waals surface area contributed by atoms with Crippen LogP contribution < -0.4 is 10.6 Å². The SMILES string of the molecule is CC(=O)c1ccc(NC(=O)C[NH2+][C@@H](C)c2cccc3ccccc23)cc1. The number of quaternary nitrogens is 1. The van der Waals surface area contributed by atoms with Crippen molar-refractivity contribution >= 4 is 28.2 Å². The fourth-order valence-electron chi connectivity index (χ4n) is 3.06. The van der Waals surface area contributed by atoms with E-state index in [-0.39, 0.29) is 17.7 Å². The van der Waals surface area contributed by atoms with Gasteiger partial charge < -0.3 is 10.6 Å². The van der Waals surface area contributed by atoms with Gasteiger partial charge in [-0.3, -0.25) is 9.59 Å². The molecular weight excluding hydrogens is 324 g/mol. The van der Waals surface area contributed by atoms with Crippen molar-refractivity contribution in [1.29, 1.82) is 0 Å². The highest BCUT2D eigenvalue weighted by molar-refractivity contribution is 5.95. The second-order valence-electron chi connectivity index (χ2n) is 6.48. The Kier molecular flexibility index (Phi) is 5.44. The van der Waals surface area contributed by atoms with Crippen molar-refractivity contribution in [2.45, 2.75) is 19.9 Å². The molecule has 0 radical (unpaired) electrons. The lowest BCUT2D eigenvalue weighted by molar-refractivity contribution is -0.682. The van der Waals surface area contributed by atoms with E-state index in [0.717, 1.165) is 0 Å². The van der Waals surface area contributed by atoms with Crippen molar-refractivity contribution < 1.29 is 14.9 Å². The highest BCUT2D eigenvalue weighted by Crippen LogP contribution is 2.22. The van der Waals surface area contributed by atoms with Gasteiger partial charge in [-0.1, -0.05) is 42.5 Å². The van der Waals surface area contributed by atoms with Gasteiger partial charge in [-0.05, 0) is 48.9 Å². The molecule has 1 amide bonds. The smallest absolute Gasteiger partial charge is 0.279 e. The standard InChI is InChI=1S/C22H22N2O2/c1-15(20-9-5-7-18-6-3-4-8-21(18)20)23-14-22(26)24-19-12-10-17(11-13-19)16(2)25/h3-13,15,23H,14H2,1-2H3,(H,24,26)/p+1/t15-/m0/s1. The van der Waals surface area contributed by atoms with Gasteiger partial charge in [0.15, 0.2) is 12.3 Å². The molecular formula is C22H23N2O2+. The molecule has 0 saturated heterocycles. The summed E-state index contributed by atoms with van der Waals surface area (Å²) in [6.45, 7) is 3.97. The zero-order valence-corrected chi connectivity index (χ0v) is 15.0. The number of rotatable bonds is 6. The number of ketones is 1. The molecule has 4 nitrogen and oxygen atoms in total. The molecule has 0 aromatic heterocycles. The number of amides is 1. The number of carbonyl (C=O) groups excluding carboxylic acids is 2. The fraction of sp³-hybridized carbons (Fsp3) is 0.182. The van der Waals surface area contributed by atoms with Crippen LogP contribution >= 0.6 is 0 Å². The molecule has 0 unspecified atom stereocenters. The van der Waals surface area contributed by atoms with E-state index in [1.807, 2.05) is 17.4 Å². The molecule has 0 saturated carbocycles. The third-order valence-corrected chi connectivity index (χ3v) is 4.55. The number of nitrogens with one attached hydrogen (secondary N) is 1. The highest BCUT2D eigenvalue weighted by atomic mass is 16.2. The van der Waals surface area contributed by atoms with E-state index in [1.54, 1.807) is 24.3 Å². The minimum Gasteiger partial charge on any atom is -0.332 e. The molecule has 1 atom stereocenters. The number of hydrogen-bond donors (Lipinski definition) is 2. The molecule has 26 heavy (non-hydrogen) atoms. The third kappa shape index (κ3) is 4.16. The molecule has 0 aliphatic carbocycles. The quantitative estimate of drug-likeness (QED) is 0.672. The van der Waals surface area contributed by atoms with Gasteiger partial charge in [-0.15, -0.1) is 0 Å². The van der Waals surface area contributed by atoms with Gasteiger partial charge in [-0.2, -0.15) is 0 Å². The van der Waals surface area contributed by atoms with E-state index in [0.29, 0.717) is 17.8 Å². The van der Waals surface area contributed by atoms with Crippen LogP contribution in [-0.2, 0) is 4.79 Å². The number of carbonyl (C=O) groups is 2. The normalized spacial score (nSPS) is 11.9. The zero-order chi connectivity index (χ0) is 18.5. The Balaban J connectivity index is 1.61. The molecule has 4 heteroatoms. The van der Waals surface area contributed by atoms with Gasteiger partial charge in [0.25, 0.3) is 5.91 Å². The van der Waals surface area contributed by atoms with Crippen LogP contribution in [0.5, 0.6) is 0 Å². The van der Waals surface area contributed by atoms with Crippen LogP contribution in [0.25, 0.3) is 10.8 Å². The van der Waals surface area contributed by atoms with Gasteiger partial charge in [0, 0.05) is 16.8 Å². The van der Waals surface area contributed by atoms with Crippen molar-refractivity contribution in [3.8, 4) is 0 Å². The maximum Gasteiger partial charge on any atom is 0.279 e. The summed E-state index contributed by atoms with van der Waals surface area (Å²) >= 11 is 0. The number of hydrogen-bond acceptors (Lipinski definition) is 2. The van der Waals surface area contributed by atoms with Crippen LogP contribution in [0.1, 0.15) is 35.8 Å². The van der Waals surface area contributed by atoms with Crippen LogP contribution in [0, 0.1) is 0 Å². The van der Waals surface area contributed by atoms with Gasteiger partial charge in [0.1, 0.15) is 6.04 Å². The first-order valence-corrected chi connectivity index (χ1v) is 8.76. The summed E-state index contributed by atoms with van der Waals surface area (Å²) in [7, 11) is 0. The molecule has 0 aliphatic rings. The lowest BCUT2D eigenvalue weighted by Gasteiger charge is -2.14. The first-order valence-electron chi connectivity index (χ1n) is 8.76. The summed E-state index contributed by atoms with van der Waals surface area (Å²) in [5.41, 5.74) is 2.56. The zero-order valence-electron chi connectivity index (χ0n) is 15.0. The third-order valence-electron chi connectivity index (χ3n) is 4.55. The van der Waals surface area contributed by atoms with E-state index >= 15 is 0 Å². The summed E-state index contributed by atoms with van der Waals surface area (Å²) in [6.07, 6.45) is 0. The monoisotopic (exact) mass is 347 g/mol. The van der Waals surface area contributed by atoms with Gasteiger partial charge in [-0.25, -0.2) is 0 Å². The Morgan fingerprint density at radius 2 is 1.65 bits per heavy atom. The first-order chi connectivity index (χ1) is 12.5. The van der Waals surface area contributed by atoms with Crippen LogP contribution in [0.4, 0.5) is 5.69 Å². The van der Waals surface area contributed by atoms with Crippen LogP contribution in [0.2, 0.25) is 0 Å². The number of fused-ring (bicyclic) bond motifs is 1. The van der Waals surface area contributed by atoms with E-state index in [9.17, 15) is 9.59 Å². The molecule has 0 aliphatic heterocycles. The fourth-order valence-corrected chi connectivity index (χ4v) is 3.06. The van der Waals surface area contributed by atoms with E-state index < -0.39 is 0 Å². The minimum absolute atomic E-state index is 0.0140. The van der Waals surface area contributed by atoms with Crippen LogP contribution in [0.15, 0.2) is 66.7 Å². The van der Waals surface area contributed by atoms with Crippen molar-refractivity contribution in [3.63, 3.8) is 0 Å². The Bertz CT molecular complexity index is 927. The predicted octanol–water partition coefficient (Wildman–Crippen LogP) is 3.31. The van der Waals surface area contributed by atoms with Crippen molar-refractivity contribution in [1.82, 2.24) is 0 Å². The molecule has 3 aromatic rings. The lowest BCUT2D eigenvalue weighted by atomic mass is 10.00. The summed E-state index contributed by atoms with van der Waals surface area (Å²) in [5.74, 6) is -0.0483. The highest BCUT2D eigenvalue weighted by Gasteiger charge is 2.14. The van der Waals surface area contributed by atoms with Crippen molar-refractivity contribution in [3.05, 3.63) is 77.9 Å². The maximum absolute atomic E-state index is 12.2. The minimum atomic E-state index is -0.0624. The summed E-state index contributed by atoms with van der Waals surface area (Å²) in [4.78, 5) is 23.5. The van der Waals surface area contributed by atoms with Crippen LogP contribution in [0.3, 0.4) is 0 Å². The molecule has 3 N–H and O–H groups in total. The molecule has 132 valence electrons. The molecule has 3 aromatic carbocycles. The van der Waals surface area contributed by atoms with E-state index in [2.05, 4.69) is 42.6 Å². The first kappa shape index (κ1) is 17.8. The van der Waals surface area contributed by atoms with Gasteiger partial charge in [0.2, 0.25) is 0 Å². The Morgan fingerprint density at radius 3 is 2.38 bits per heavy atom. The topological polar surface area (TPSA) is 62.8 Å². The number of anilines is 1. The lowest BCUT2D eigenvalue weighted by Crippen LogP contribution is -2.86. The molecule has 3 rings (SSSR count). The summed E-state index contributed by atoms with van der Waals surface area (Å²) in [6, 6.07) is 21.7. The van der Waals surface area contributed by atoms with Crippen molar-refractivity contribution in [2.75, 3.05) is 11.9 Å². The number of benzene rings is 3. The second-order valence-corrected chi connectivity index (χ2v) is 6.48. The number of nitrogens with two attached hydrogens (primary N) is 1. The molecule has 0 spiro atoms. The van der Waals surface area contributed by atoms with Crippen molar-refractivity contribution in [2.24, 2.45) is 0 Å². The maximum atomic E-state index is 12.2. The summed E-state index contributed by atoms with van der Waals surface area (Å²) < 4.78 is 0. The Morgan fingerprint density at radius 1 is 0.962 bits per heavy atom. The predicted molar refractivity (Wildman–Crippen MR) is 104 cm³/mol. The van der Waals surface area contributed by atoms with Gasteiger partial charge >= 0.3 is 0 Å². The average molecular weight is 347 g/mol. The Labute approximate surface area is 153 Å². The van der Waals surface area contributed by atoms with E-state index in [1.165, 1.54) is 23.3 Å². The Hall–Kier alpha value is -2.98. The summed E-state index contributed by atoms with van der Waals surface area (Å²) in [5, 5.41) is 7.33.